The molecule has 2 amide bonds. The molecule has 0 spiro atoms. The number of rotatable bonds is 6. The molecule has 0 bridgehead atoms. The lowest BCUT2D eigenvalue weighted by Gasteiger charge is -2.22. The van der Waals surface area contributed by atoms with Gasteiger partial charge in [0.1, 0.15) is 6.04 Å². The van der Waals surface area contributed by atoms with Gasteiger partial charge in [-0.25, -0.2) is 4.79 Å². The third kappa shape index (κ3) is 5.11. The summed E-state index contributed by atoms with van der Waals surface area (Å²) >= 11 is 5.85. The molecule has 9 heteroatoms. The maximum Gasteiger partial charge on any atom is 0.439 e. The van der Waals surface area contributed by atoms with Gasteiger partial charge in [0, 0.05) is 21.8 Å². The monoisotopic (exact) mass is 414 g/mol. The molecule has 3 N–H and O–H groups in total. The molecule has 2 aromatic carbocycles. The Kier molecular flexibility index (Phi) is 6.13. The van der Waals surface area contributed by atoms with Crippen molar-refractivity contribution in [2.75, 3.05) is 5.32 Å². The molecule has 1 unspecified atom stereocenters. The summed E-state index contributed by atoms with van der Waals surface area (Å²) < 4.78 is 4.50. The zero-order valence-electron chi connectivity index (χ0n) is 15.7. The number of hydrogen-bond donors (Lipinski definition) is 3. The molecule has 1 heterocycles. The van der Waals surface area contributed by atoms with Crippen LogP contribution in [0.4, 0.5) is 5.69 Å². The van der Waals surface area contributed by atoms with Crippen molar-refractivity contribution in [1.82, 2.24) is 15.5 Å². The first-order valence-corrected chi connectivity index (χ1v) is 9.25. The molecule has 0 saturated heterocycles. The highest BCUT2D eigenvalue weighted by atomic mass is 35.5. The summed E-state index contributed by atoms with van der Waals surface area (Å²) in [6.07, 6.45) is 0. The van der Waals surface area contributed by atoms with E-state index < -0.39 is 11.8 Å². The molecular formula is C20H19ClN4O4. The second-order valence-corrected chi connectivity index (χ2v) is 7.15. The summed E-state index contributed by atoms with van der Waals surface area (Å²) in [5.74, 6) is -1.30. The van der Waals surface area contributed by atoms with E-state index in [2.05, 4.69) is 25.3 Å². The minimum atomic E-state index is -0.756. The Morgan fingerprint density at radius 1 is 1.14 bits per heavy atom. The van der Waals surface area contributed by atoms with E-state index in [0.29, 0.717) is 21.8 Å². The molecule has 0 aliphatic carbocycles. The van der Waals surface area contributed by atoms with Crippen molar-refractivity contribution in [1.29, 1.82) is 0 Å². The Hall–Kier alpha value is -3.39. The summed E-state index contributed by atoms with van der Waals surface area (Å²) in [5, 5.41) is 9.68. The van der Waals surface area contributed by atoms with E-state index in [9.17, 15) is 14.4 Å². The third-order valence-corrected chi connectivity index (χ3v) is 4.44. The van der Waals surface area contributed by atoms with Crippen LogP contribution >= 0.6 is 11.6 Å². The first-order chi connectivity index (χ1) is 13.8. The van der Waals surface area contributed by atoms with Crippen LogP contribution in [0.3, 0.4) is 0 Å². The number of hydrogen-bond acceptors (Lipinski definition) is 5. The number of nitrogens with zero attached hydrogens (tertiary/aromatic N) is 1. The van der Waals surface area contributed by atoms with Gasteiger partial charge in [0.05, 0.1) is 0 Å². The lowest BCUT2D eigenvalue weighted by atomic mass is 10.0. The predicted octanol–water partition coefficient (Wildman–Crippen LogP) is 3.08. The van der Waals surface area contributed by atoms with Crippen LogP contribution in [-0.2, 0) is 4.79 Å². The molecule has 0 saturated carbocycles. The van der Waals surface area contributed by atoms with Gasteiger partial charge >= 0.3 is 5.76 Å². The van der Waals surface area contributed by atoms with Gasteiger partial charge in [-0.05, 0) is 42.3 Å². The van der Waals surface area contributed by atoms with Crippen LogP contribution in [0.25, 0.3) is 11.4 Å². The fraction of sp³-hybridized carbons (Fsp3) is 0.200. The van der Waals surface area contributed by atoms with Crippen molar-refractivity contribution < 1.29 is 14.1 Å². The average Bonchev–Trinajstić information content (AvgIpc) is 3.12. The lowest BCUT2D eigenvalue weighted by Crippen LogP contribution is -2.47. The molecule has 0 radical (unpaired) electrons. The topological polar surface area (TPSA) is 117 Å². The molecule has 3 aromatic rings. The second-order valence-electron chi connectivity index (χ2n) is 6.72. The SMILES string of the molecule is CC(C)C(NC(=O)c1ccc(Cl)cc1)C(=O)Nc1cccc(-c2noc(=O)[nH]2)c1. The number of carbonyl (C=O) groups is 2. The molecule has 1 atom stereocenters. The van der Waals surface area contributed by atoms with Crippen LogP contribution in [0.1, 0.15) is 24.2 Å². The van der Waals surface area contributed by atoms with E-state index in [1.807, 2.05) is 13.8 Å². The summed E-state index contributed by atoms with van der Waals surface area (Å²) in [6.45, 7) is 3.67. The molecule has 150 valence electrons. The summed E-state index contributed by atoms with van der Waals surface area (Å²) in [4.78, 5) is 38.8. The highest BCUT2D eigenvalue weighted by Crippen LogP contribution is 2.19. The number of benzene rings is 2. The Morgan fingerprint density at radius 3 is 2.48 bits per heavy atom. The maximum absolute atomic E-state index is 12.8. The van der Waals surface area contributed by atoms with Crippen LogP contribution < -0.4 is 16.4 Å². The number of aromatic amines is 1. The van der Waals surface area contributed by atoms with Crippen LogP contribution in [0.2, 0.25) is 5.02 Å². The number of nitrogens with one attached hydrogen (secondary N) is 3. The van der Waals surface area contributed by atoms with Crippen molar-refractivity contribution in [3.63, 3.8) is 0 Å². The highest BCUT2D eigenvalue weighted by molar-refractivity contribution is 6.30. The quantitative estimate of drug-likeness (QED) is 0.573. The molecule has 29 heavy (non-hydrogen) atoms. The van der Waals surface area contributed by atoms with Gasteiger partial charge < -0.3 is 10.6 Å². The van der Waals surface area contributed by atoms with E-state index in [4.69, 9.17) is 11.6 Å². The highest BCUT2D eigenvalue weighted by Gasteiger charge is 2.25. The van der Waals surface area contributed by atoms with E-state index in [0.717, 1.165) is 0 Å². The number of carbonyl (C=O) groups excluding carboxylic acids is 2. The molecule has 0 aliphatic rings. The first kappa shape index (κ1) is 20.3. The van der Waals surface area contributed by atoms with Gasteiger partial charge in [0.2, 0.25) is 5.91 Å². The molecule has 0 aliphatic heterocycles. The van der Waals surface area contributed by atoms with Gasteiger partial charge in [-0.15, -0.1) is 0 Å². The van der Waals surface area contributed by atoms with Crippen LogP contribution in [0, 0.1) is 5.92 Å². The number of anilines is 1. The normalized spacial score (nSPS) is 11.9. The smallest absolute Gasteiger partial charge is 0.340 e. The van der Waals surface area contributed by atoms with Gasteiger partial charge in [0.15, 0.2) is 5.82 Å². The Bertz CT molecular complexity index is 1070. The summed E-state index contributed by atoms with van der Waals surface area (Å²) in [5.41, 5.74) is 1.47. The zero-order chi connectivity index (χ0) is 21.0. The third-order valence-electron chi connectivity index (χ3n) is 4.19. The number of aromatic nitrogens is 2. The van der Waals surface area contributed by atoms with E-state index in [1.54, 1.807) is 48.5 Å². The fourth-order valence-electron chi connectivity index (χ4n) is 2.68. The van der Waals surface area contributed by atoms with Crippen LogP contribution in [0.5, 0.6) is 0 Å². The Balaban J connectivity index is 1.73. The summed E-state index contributed by atoms with van der Waals surface area (Å²) in [6, 6.07) is 12.4. The molecule has 3 rings (SSSR count). The van der Waals surface area contributed by atoms with Crippen molar-refractivity contribution in [3.8, 4) is 11.4 Å². The van der Waals surface area contributed by atoms with Gasteiger partial charge in [0.25, 0.3) is 5.91 Å². The van der Waals surface area contributed by atoms with Gasteiger partial charge in [-0.2, -0.15) is 0 Å². The maximum atomic E-state index is 12.8. The molecule has 0 fully saturated rings. The van der Waals surface area contributed by atoms with E-state index in [1.165, 1.54) is 0 Å². The van der Waals surface area contributed by atoms with Crippen molar-refractivity contribution in [3.05, 3.63) is 69.7 Å². The summed E-state index contributed by atoms with van der Waals surface area (Å²) in [7, 11) is 0. The van der Waals surface area contributed by atoms with Crippen molar-refractivity contribution in [2.24, 2.45) is 5.92 Å². The van der Waals surface area contributed by atoms with E-state index in [-0.39, 0.29) is 23.6 Å². The van der Waals surface area contributed by atoms with Crippen LogP contribution in [-0.4, -0.2) is 28.0 Å². The molecular weight excluding hydrogens is 396 g/mol. The Morgan fingerprint density at radius 2 is 1.86 bits per heavy atom. The minimum absolute atomic E-state index is 0.152. The molecule has 1 aromatic heterocycles. The second kappa shape index (κ2) is 8.74. The fourth-order valence-corrected chi connectivity index (χ4v) is 2.81. The predicted molar refractivity (Wildman–Crippen MR) is 109 cm³/mol. The number of halogens is 1. The Labute approximate surface area is 171 Å². The first-order valence-electron chi connectivity index (χ1n) is 8.87. The van der Waals surface area contributed by atoms with Gasteiger partial charge in [-0.1, -0.05) is 42.7 Å². The van der Waals surface area contributed by atoms with Crippen molar-refractivity contribution >= 4 is 29.1 Å². The van der Waals surface area contributed by atoms with Crippen molar-refractivity contribution in [2.45, 2.75) is 19.9 Å². The lowest BCUT2D eigenvalue weighted by molar-refractivity contribution is -0.118. The largest absolute Gasteiger partial charge is 0.439 e. The molecule has 8 nitrogen and oxygen atoms in total. The standard InChI is InChI=1S/C20H19ClN4O4/c1-11(2)16(23-18(26)12-6-8-14(21)9-7-12)19(27)22-15-5-3-4-13(10-15)17-24-20(28)29-25-17/h3-11,16H,1-2H3,(H,22,27)(H,23,26)(H,24,25,28). The minimum Gasteiger partial charge on any atom is -0.340 e. The zero-order valence-corrected chi connectivity index (χ0v) is 16.5. The average molecular weight is 415 g/mol. The van der Waals surface area contributed by atoms with Crippen LogP contribution in [0.15, 0.2) is 57.8 Å². The van der Waals surface area contributed by atoms with Gasteiger partial charge in [-0.3, -0.25) is 19.1 Å². The number of H-pyrrole nitrogens is 1. The van der Waals surface area contributed by atoms with E-state index >= 15 is 0 Å². The number of amides is 2.